The normalized spacial score (nSPS) is 11.6. The summed E-state index contributed by atoms with van der Waals surface area (Å²) < 4.78 is 25.3. The molecule has 0 fully saturated rings. The van der Waals surface area contributed by atoms with Gasteiger partial charge in [0.2, 0.25) is 0 Å². The van der Waals surface area contributed by atoms with Crippen LogP contribution in [0.5, 0.6) is 0 Å². The minimum absolute atomic E-state index is 0.0695. The van der Waals surface area contributed by atoms with Crippen molar-refractivity contribution >= 4 is 21.8 Å². The average molecular weight is 325 g/mol. The molecule has 6 nitrogen and oxygen atoms in total. The largest absolute Gasteiger partial charge is 0.308 e. The lowest BCUT2D eigenvalue weighted by Crippen LogP contribution is -2.29. The molecule has 118 valence electrons. The highest BCUT2D eigenvalue weighted by molar-refractivity contribution is 7.87. The van der Waals surface area contributed by atoms with Crippen LogP contribution in [0.4, 0.5) is 0 Å². The van der Waals surface area contributed by atoms with Crippen molar-refractivity contribution in [1.82, 2.24) is 18.2 Å². The van der Waals surface area contributed by atoms with Crippen molar-refractivity contribution in [1.29, 1.82) is 0 Å². The number of nitrogens with zero attached hydrogens (tertiary/aromatic N) is 4. The lowest BCUT2D eigenvalue weighted by atomic mass is 10.5. The van der Waals surface area contributed by atoms with Gasteiger partial charge in [0.05, 0.1) is 5.88 Å². The summed E-state index contributed by atoms with van der Waals surface area (Å²) in [5.41, 5.74) is 0. The molecule has 0 unspecified atom stereocenters. The molecule has 1 rings (SSSR count). The van der Waals surface area contributed by atoms with Crippen LogP contribution < -0.4 is 0 Å². The van der Waals surface area contributed by atoms with Crippen molar-refractivity contribution in [3.05, 3.63) is 18.2 Å². The summed E-state index contributed by atoms with van der Waals surface area (Å²) in [6.45, 7) is 10.1. The van der Waals surface area contributed by atoms with Gasteiger partial charge in [0.15, 0.2) is 0 Å². The second kappa shape index (κ2) is 9.33. The summed E-state index contributed by atoms with van der Waals surface area (Å²) in [7, 11) is -0.570. The number of hydrogen-bond donors (Lipinski definition) is 0. The van der Waals surface area contributed by atoms with Crippen LogP contribution in [-0.4, -0.2) is 60.3 Å². The van der Waals surface area contributed by atoms with Gasteiger partial charge in [-0.3, -0.25) is 0 Å². The fourth-order valence-electron chi connectivity index (χ4n) is 1.47. The van der Waals surface area contributed by atoms with Crippen molar-refractivity contribution in [3.63, 3.8) is 0 Å². The van der Waals surface area contributed by atoms with Gasteiger partial charge in [0.25, 0.3) is 0 Å². The van der Waals surface area contributed by atoms with Gasteiger partial charge in [-0.1, -0.05) is 20.8 Å². The number of imidazole rings is 1. The Hall–Kier alpha value is -0.630. The molecular formula is C12H25ClN4O2S. The summed E-state index contributed by atoms with van der Waals surface area (Å²) in [6, 6.07) is 0. The summed E-state index contributed by atoms with van der Waals surface area (Å²) >= 11 is 5.52. The first kappa shape index (κ1) is 19.4. The maximum atomic E-state index is 11.6. The SMILES string of the molecule is CCN(CC)CC.CN(C)S(=O)(=O)n1ccnc1CCl. The van der Waals surface area contributed by atoms with Crippen LogP contribution in [0.2, 0.25) is 0 Å². The number of rotatable bonds is 6. The first-order valence-electron chi connectivity index (χ1n) is 6.58. The molecule has 1 aromatic rings. The third-order valence-corrected chi connectivity index (χ3v) is 4.84. The van der Waals surface area contributed by atoms with Crippen LogP contribution in [0.25, 0.3) is 0 Å². The molecule has 0 N–H and O–H groups in total. The standard InChI is InChI=1S/C6H10ClN3O2S.C6H15N/c1-9(2)13(11,12)10-4-3-8-6(10)5-7;1-4-7(5-2)6-3/h3-4H,5H2,1-2H3;4-6H2,1-3H3. The molecule has 0 atom stereocenters. The van der Waals surface area contributed by atoms with Crippen LogP contribution >= 0.6 is 11.6 Å². The molecule has 8 heteroatoms. The van der Waals surface area contributed by atoms with E-state index in [9.17, 15) is 8.42 Å². The van der Waals surface area contributed by atoms with E-state index in [0.29, 0.717) is 5.82 Å². The fraction of sp³-hybridized carbons (Fsp3) is 0.750. The van der Waals surface area contributed by atoms with Gasteiger partial charge >= 0.3 is 10.2 Å². The summed E-state index contributed by atoms with van der Waals surface area (Å²) in [4.78, 5) is 6.18. The lowest BCUT2D eigenvalue weighted by Gasteiger charge is -2.13. The molecule has 0 aromatic carbocycles. The minimum Gasteiger partial charge on any atom is -0.304 e. The molecular weight excluding hydrogens is 300 g/mol. The number of aromatic nitrogens is 2. The maximum Gasteiger partial charge on any atom is 0.308 e. The van der Waals surface area contributed by atoms with Gasteiger partial charge in [0.1, 0.15) is 5.82 Å². The van der Waals surface area contributed by atoms with Gasteiger partial charge in [-0.05, 0) is 19.6 Å². The van der Waals surface area contributed by atoms with Gasteiger partial charge in [-0.2, -0.15) is 12.7 Å². The molecule has 1 heterocycles. The van der Waals surface area contributed by atoms with Crippen LogP contribution in [0.15, 0.2) is 12.4 Å². The molecule has 0 radical (unpaired) electrons. The zero-order chi connectivity index (χ0) is 15.8. The van der Waals surface area contributed by atoms with Crippen molar-refractivity contribution in [2.75, 3.05) is 33.7 Å². The molecule has 0 saturated carbocycles. The Labute approximate surface area is 127 Å². The van der Waals surface area contributed by atoms with Crippen LogP contribution in [0.1, 0.15) is 26.6 Å². The Morgan fingerprint density at radius 1 is 1.20 bits per heavy atom. The molecule has 0 bridgehead atoms. The summed E-state index contributed by atoms with van der Waals surface area (Å²) in [5.74, 6) is 0.385. The van der Waals surface area contributed by atoms with Crippen molar-refractivity contribution in [3.8, 4) is 0 Å². The van der Waals surface area contributed by atoms with E-state index in [1.54, 1.807) is 0 Å². The van der Waals surface area contributed by atoms with Crippen LogP contribution in [0.3, 0.4) is 0 Å². The highest BCUT2D eigenvalue weighted by atomic mass is 35.5. The van der Waals surface area contributed by atoms with Crippen molar-refractivity contribution in [2.24, 2.45) is 0 Å². The predicted molar refractivity (Wildman–Crippen MR) is 83.3 cm³/mol. The van der Waals surface area contributed by atoms with E-state index in [1.807, 2.05) is 0 Å². The highest BCUT2D eigenvalue weighted by Gasteiger charge is 2.18. The van der Waals surface area contributed by atoms with Gasteiger partial charge in [0, 0.05) is 26.5 Å². The Bertz CT molecular complexity index is 464. The molecule has 0 amide bonds. The number of hydrogen-bond acceptors (Lipinski definition) is 4. The van der Waals surface area contributed by atoms with E-state index in [2.05, 4.69) is 30.7 Å². The van der Waals surface area contributed by atoms with E-state index in [-0.39, 0.29) is 5.88 Å². The Morgan fingerprint density at radius 2 is 1.70 bits per heavy atom. The summed E-state index contributed by atoms with van der Waals surface area (Å²) in [5, 5.41) is 0. The van der Waals surface area contributed by atoms with Gasteiger partial charge in [-0.25, -0.2) is 8.96 Å². The monoisotopic (exact) mass is 324 g/mol. The molecule has 0 spiro atoms. The summed E-state index contributed by atoms with van der Waals surface area (Å²) in [6.07, 6.45) is 2.77. The topological polar surface area (TPSA) is 58.4 Å². The van der Waals surface area contributed by atoms with Gasteiger partial charge in [-0.15, -0.1) is 11.6 Å². The maximum absolute atomic E-state index is 11.6. The molecule has 0 aliphatic heterocycles. The lowest BCUT2D eigenvalue weighted by molar-refractivity contribution is 0.321. The van der Waals surface area contributed by atoms with E-state index >= 15 is 0 Å². The Balaban J connectivity index is 0.000000441. The first-order chi connectivity index (χ1) is 9.34. The van der Waals surface area contributed by atoms with Crippen LogP contribution in [0, 0.1) is 0 Å². The smallest absolute Gasteiger partial charge is 0.304 e. The number of halogens is 1. The van der Waals surface area contributed by atoms with Gasteiger partial charge < -0.3 is 4.90 Å². The zero-order valence-corrected chi connectivity index (χ0v) is 14.4. The third kappa shape index (κ3) is 5.40. The zero-order valence-electron chi connectivity index (χ0n) is 12.9. The molecule has 20 heavy (non-hydrogen) atoms. The average Bonchev–Trinajstić information content (AvgIpc) is 2.90. The van der Waals surface area contributed by atoms with Crippen LogP contribution in [-0.2, 0) is 16.1 Å². The third-order valence-electron chi connectivity index (χ3n) is 2.85. The molecule has 0 aliphatic rings. The second-order valence-electron chi connectivity index (χ2n) is 4.18. The molecule has 0 saturated heterocycles. The second-order valence-corrected chi connectivity index (χ2v) is 6.47. The van der Waals surface area contributed by atoms with E-state index < -0.39 is 10.2 Å². The van der Waals surface area contributed by atoms with E-state index in [1.165, 1.54) is 46.1 Å². The first-order valence-corrected chi connectivity index (χ1v) is 8.51. The quantitative estimate of drug-likeness (QED) is 0.746. The Morgan fingerprint density at radius 3 is 2.00 bits per heavy atom. The highest BCUT2D eigenvalue weighted by Crippen LogP contribution is 2.07. The predicted octanol–water partition coefficient (Wildman–Crippen LogP) is 1.62. The van der Waals surface area contributed by atoms with Crippen molar-refractivity contribution < 1.29 is 8.42 Å². The van der Waals surface area contributed by atoms with Crippen molar-refractivity contribution in [2.45, 2.75) is 26.7 Å². The molecule has 1 aromatic heterocycles. The van der Waals surface area contributed by atoms with E-state index in [4.69, 9.17) is 11.6 Å². The van der Waals surface area contributed by atoms with E-state index in [0.717, 1.165) is 8.28 Å². The fourth-order valence-corrected chi connectivity index (χ4v) is 2.68. The minimum atomic E-state index is -3.47. The molecule has 0 aliphatic carbocycles. The Kier molecular flexibility index (Phi) is 9.04. The number of alkyl halides is 1.